The second kappa shape index (κ2) is 50.5. The third-order valence-corrected chi connectivity index (χ3v) is 11.7. The minimum atomic E-state index is -0.770. The van der Waals surface area contributed by atoms with E-state index in [1.165, 1.54) is 199 Å². The number of allylic oxidation sites excluding steroid dienone is 6. The number of hydrogen-bond donors (Lipinski definition) is 1. The van der Waals surface area contributed by atoms with Gasteiger partial charge in [0.2, 0.25) is 0 Å². The van der Waals surface area contributed by atoms with E-state index in [0.29, 0.717) is 12.8 Å². The summed E-state index contributed by atoms with van der Waals surface area (Å²) in [6, 6.07) is 0. The van der Waals surface area contributed by atoms with Gasteiger partial charge in [0, 0.05) is 12.8 Å². The molecule has 5 heteroatoms. The molecule has 0 spiro atoms. The highest BCUT2D eigenvalue weighted by Gasteiger charge is 2.16. The molecule has 1 unspecified atom stereocenters. The second-order valence-electron chi connectivity index (χ2n) is 17.6. The van der Waals surface area contributed by atoms with Crippen molar-refractivity contribution in [3.8, 4) is 0 Å². The lowest BCUT2D eigenvalue weighted by Gasteiger charge is -2.15. The van der Waals surface area contributed by atoms with Crippen LogP contribution >= 0.6 is 0 Å². The van der Waals surface area contributed by atoms with Gasteiger partial charge in [0.05, 0.1) is 6.61 Å². The van der Waals surface area contributed by atoms with Crippen molar-refractivity contribution in [3.63, 3.8) is 0 Å². The van der Waals surface area contributed by atoms with Crippen molar-refractivity contribution in [3.05, 3.63) is 36.5 Å². The van der Waals surface area contributed by atoms with Crippen molar-refractivity contribution in [2.24, 2.45) is 0 Å². The largest absolute Gasteiger partial charge is 0.462 e. The van der Waals surface area contributed by atoms with E-state index in [1.807, 2.05) is 0 Å². The molecule has 0 aliphatic carbocycles. The normalized spacial score (nSPS) is 12.4. The zero-order valence-electron chi connectivity index (χ0n) is 39.5. The summed E-state index contributed by atoms with van der Waals surface area (Å²) in [6.07, 6.45) is 63.8. The van der Waals surface area contributed by atoms with Gasteiger partial charge < -0.3 is 14.6 Å². The lowest BCUT2D eigenvalue weighted by Crippen LogP contribution is -2.28. The number of unbranched alkanes of at least 4 members (excludes halogenated alkanes) is 34. The second-order valence-corrected chi connectivity index (χ2v) is 17.6. The number of ether oxygens (including phenoxy) is 2. The molecule has 0 fully saturated rings. The molecule has 1 N–H and O–H groups in total. The minimum absolute atomic E-state index is 0.0620. The number of carbonyl (C=O) groups is 2. The fourth-order valence-corrected chi connectivity index (χ4v) is 7.74. The smallest absolute Gasteiger partial charge is 0.306 e. The van der Waals surface area contributed by atoms with E-state index in [1.54, 1.807) is 0 Å². The van der Waals surface area contributed by atoms with Gasteiger partial charge in [0.25, 0.3) is 0 Å². The zero-order valence-corrected chi connectivity index (χ0v) is 39.5. The SMILES string of the molecule is CCCCCCC/C=C\C/C=C\C/C=C\CCCCCCCCCCCCCCC(=O)OC(CO)COC(=O)CCCCCCCCCCCCCCCCCCCC. The van der Waals surface area contributed by atoms with E-state index in [9.17, 15) is 14.7 Å². The number of aliphatic hydroxyl groups is 1. The molecule has 0 amide bonds. The molecule has 0 rings (SSSR count). The van der Waals surface area contributed by atoms with Gasteiger partial charge in [0.15, 0.2) is 6.10 Å². The van der Waals surface area contributed by atoms with Gasteiger partial charge in [0.1, 0.15) is 6.61 Å². The van der Waals surface area contributed by atoms with Crippen LogP contribution in [0.2, 0.25) is 0 Å². The Hall–Kier alpha value is -1.88. The third-order valence-electron chi connectivity index (χ3n) is 11.7. The predicted octanol–water partition coefficient (Wildman–Crippen LogP) is 17.1. The van der Waals surface area contributed by atoms with Crippen LogP contribution in [0.25, 0.3) is 0 Å². The molecular weight excluding hydrogens is 729 g/mol. The Morgan fingerprint density at radius 3 is 1.02 bits per heavy atom. The maximum absolute atomic E-state index is 12.3. The molecule has 346 valence electrons. The van der Waals surface area contributed by atoms with E-state index in [2.05, 4.69) is 50.3 Å². The summed E-state index contributed by atoms with van der Waals surface area (Å²) in [5.74, 6) is -0.578. The lowest BCUT2D eigenvalue weighted by molar-refractivity contribution is -0.161. The van der Waals surface area contributed by atoms with Gasteiger partial charge in [-0.1, -0.05) is 249 Å². The molecule has 0 aromatic rings. The van der Waals surface area contributed by atoms with Crippen LogP contribution in [0, 0.1) is 0 Å². The molecule has 1 atom stereocenters. The highest BCUT2D eigenvalue weighted by atomic mass is 16.6. The Balaban J connectivity index is 3.47. The van der Waals surface area contributed by atoms with Gasteiger partial charge in [-0.05, 0) is 51.4 Å². The molecule has 0 radical (unpaired) electrons. The summed E-state index contributed by atoms with van der Waals surface area (Å²) in [5, 5.41) is 9.63. The van der Waals surface area contributed by atoms with Crippen molar-refractivity contribution in [1.82, 2.24) is 0 Å². The number of hydrogen-bond acceptors (Lipinski definition) is 5. The predicted molar refractivity (Wildman–Crippen MR) is 256 cm³/mol. The molecule has 0 aromatic carbocycles. The number of rotatable bonds is 48. The highest BCUT2D eigenvalue weighted by Crippen LogP contribution is 2.16. The van der Waals surface area contributed by atoms with E-state index in [0.717, 1.165) is 51.4 Å². The molecule has 0 bridgehead atoms. The van der Waals surface area contributed by atoms with Crippen LogP contribution in [0.5, 0.6) is 0 Å². The number of esters is 2. The summed E-state index contributed by atoms with van der Waals surface area (Å²) >= 11 is 0. The van der Waals surface area contributed by atoms with Crippen molar-refractivity contribution in [2.45, 2.75) is 283 Å². The van der Waals surface area contributed by atoms with Crippen molar-refractivity contribution < 1.29 is 24.2 Å². The summed E-state index contributed by atoms with van der Waals surface area (Å²) in [5.41, 5.74) is 0. The van der Waals surface area contributed by atoms with Crippen LogP contribution in [0.1, 0.15) is 277 Å². The van der Waals surface area contributed by atoms with Crippen LogP contribution in [0.3, 0.4) is 0 Å². The fraction of sp³-hybridized carbons (Fsp3) is 0.852. The number of carbonyl (C=O) groups excluding carboxylic acids is 2. The molecule has 5 nitrogen and oxygen atoms in total. The average molecular weight is 829 g/mol. The van der Waals surface area contributed by atoms with Gasteiger partial charge in [-0.25, -0.2) is 0 Å². The molecule has 0 aliphatic rings. The summed E-state index contributed by atoms with van der Waals surface area (Å²) in [7, 11) is 0. The van der Waals surface area contributed by atoms with E-state index >= 15 is 0 Å². The Morgan fingerprint density at radius 2 is 0.678 bits per heavy atom. The summed E-state index contributed by atoms with van der Waals surface area (Å²) in [4.78, 5) is 24.4. The number of aliphatic hydroxyl groups excluding tert-OH is 1. The summed E-state index contributed by atoms with van der Waals surface area (Å²) < 4.78 is 10.7. The first kappa shape index (κ1) is 57.1. The quantitative estimate of drug-likeness (QED) is 0.0376. The van der Waals surface area contributed by atoms with Crippen LogP contribution in [0.4, 0.5) is 0 Å². The molecule has 59 heavy (non-hydrogen) atoms. The highest BCUT2D eigenvalue weighted by molar-refractivity contribution is 5.70. The molecule has 0 aliphatic heterocycles. The van der Waals surface area contributed by atoms with Gasteiger partial charge in [-0.15, -0.1) is 0 Å². The minimum Gasteiger partial charge on any atom is -0.462 e. The zero-order chi connectivity index (χ0) is 42.8. The molecular formula is C54H100O5. The van der Waals surface area contributed by atoms with Gasteiger partial charge in [-0.2, -0.15) is 0 Å². The van der Waals surface area contributed by atoms with Crippen LogP contribution in [-0.2, 0) is 19.1 Å². The Bertz CT molecular complexity index is 939. The van der Waals surface area contributed by atoms with Gasteiger partial charge in [-0.3, -0.25) is 9.59 Å². The topological polar surface area (TPSA) is 72.8 Å². The maximum atomic E-state index is 12.3. The van der Waals surface area contributed by atoms with Gasteiger partial charge >= 0.3 is 11.9 Å². The summed E-state index contributed by atoms with van der Waals surface area (Å²) in [6.45, 7) is 4.16. The van der Waals surface area contributed by atoms with E-state index < -0.39 is 6.10 Å². The molecule has 0 saturated carbocycles. The average Bonchev–Trinajstić information content (AvgIpc) is 3.24. The first-order valence-electron chi connectivity index (χ1n) is 26.0. The Morgan fingerprint density at radius 1 is 0.390 bits per heavy atom. The molecule has 0 aromatic heterocycles. The maximum Gasteiger partial charge on any atom is 0.306 e. The Kier molecular flexibility index (Phi) is 48.9. The van der Waals surface area contributed by atoms with Crippen molar-refractivity contribution >= 4 is 11.9 Å². The standard InChI is InChI=1S/C54H100O5/c1-3-5-7-9-11-13-15-17-19-21-23-24-25-26-27-28-29-30-31-33-35-37-39-41-43-45-47-49-54(57)59-52(50-55)51-58-53(56)48-46-44-42-40-38-36-34-32-22-20-18-16-14-12-10-8-6-4-2/h15,17,21,23,25-26,52,55H,3-14,16,18-20,22,24,27-51H2,1-2H3/b17-15-,23-21-,26-25-. The third kappa shape index (κ3) is 48.7. The Labute approximate surface area is 367 Å². The van der Waals surface area contributed by atoms with E-state index in [-0.39, 0.29) is 25.2 Å². The molecule has 0 heterocycles. The monoisotopic (exact) mass is 829 g/mol. The van der Waals surface area contributed by atoms with Crippen molar-refractivity contribution in [1.29, 1.82) is 0 Å². The fourth-order valence-electron chi connectivity index (χ4n) is 7.74. The van der Waals surface area contributed by atoms with Crippen LogP contribution in [-0.4, -0.2) is 36.4 Å². The first-order chi connectivity index (χ1) is 29.1. The lowest BCUT2D eigenvalue weighted by atomic mass is 10.0. The van der Waals surface area contributed by atoms with Crippen LogP contribution in [0.15, 0.2) is 36.5 Å². The van der Waals surface area contributed by atoms with Crippen LogP contribution < -0.4 is 0 Å². The molecule has 0 saturated heterocycles. The van der Waals surface area contributed by atoms with E-state index in [4.69, 9.17) is 9.47 Å². The first-order valence-corrected chi connectivity index (χ1v) is 26.0. The van der Waals surface area contributed by atoms with Crippen molar-refractivity contribution in [2.75, 3.05) is 13.2 Å².